The van der Waals surface area contributed by atoms with Crippen LogP contribution in [0.15, 0.2) is 179 Å². The Kier molecular flexibility index (Phi) is 7.22. The SMILES string of the molecule is CC1(C)c2ccccc2N(c2cc(-c3nc4ccccc4o3)cc3c(N4c5ccccc5C(C)(C)c5ccccc54)cc(-c4nc5ccccc5o4)cc23)c2ccccc21. The van der Waals surface area contributed by atoms with E-state index in [0.29, 0.717) is 11.8 Å². The molecule has 2 aromatic heterocycles. The van der Waals surface area contributed by atoms with Gasteiger partial charge in [0.2, 0.25) is 11.8 Å². The van der Waals surface area contributed by atoms with Crippen molar-refractivity contribution in [1.82, 2.24) is 9.97 Å². The Morgan fingerprint density at radius 2 is 0.683 bits per heavy atom. The van der Waals surface area contributed by atoms with Gasteiger partial charge in [0, 0.05) is 32.7 Å². The van der Waals surface area contributed by atoms with Crippen LogP contribution in [-0.2, 0) is 10.8 Å². The highest BCUT2D eigenvalue weighted by Crippen LogP contribution is 2.57. The van der Waals surface area contributed by atoms with Crippen LogP contribution in [0, 0.1) is 0 Å². The smallest absolute Gasteiger partial charge is 0.227 e. The first-order valence-corrected chi connectivity index (χ1v) is 20.6. The van der Waals surface area contributed by atoms with Gasteiger partial charge in [0.15, 0.2) is 11.2 Å². The molecule has 0 aliphatic carbocycles. The third-order valence-corrected chi connectivity index (χ3v) is 12.9. The van der Waals surface area contributed by atoms with E-state index in [2.05, 4.69) is 159 Å². The number of aromatic nitrogens is 2. The predicted molar refractivity (Wildman–Crippen MR) is 244 cm³/mol. The zero-order chi connectivity index (χ0) is 40.3. The van der Waals surface area contributed by atoms with Crippen molar-refractivity contribution >= 4 is 67.1 Å². The van der Waals surface area contributed by atoms with E-state index < -0.39 is 0 Å². The summed E-state index contributed by atoms with van der Waals surface area (Å²) < 4.78 is 13.2. The molecule has 0 fully saturated rings. The fourth-order valence-corrected chi connectivity index (χ4v) is 9.89. The van der Waals surface area contributed by atoms with Crippen LogP contribution in [0.3, 0.4) is 0 Å². The highest BCUT2D eigenvalue weighted by atomic mass is 16.4. The van der Waals surface area contributed by atoms with Crippen molar-refractivity contribution in [3.05, 3.63) is 192 Å². The van der Waals surface area contributed by atoms with Crippen LogP contribution < -0.4 is 9.80 Å². The number of hydrogen-bond acceptors (Lipinski definition) is 6. The first-order valence-electron chi connectivity index (χ1n) is 20.6. The number of fused-ring (bicyclic) bond motifs is 7. The van der Waals surface area contributed by atoms with Crippen LogP contribution in [0.4, 0.5) is 34.1 Å². The van der Waals surface area contributed by atoms with Gasteiger partial charge >= 0.3 is 0 Å². The summed E-state index contributed by atoms with van der Waals surface area (Å²) in [5, 5.41) is 2.07. The molecule has 12 rings (SSSR count). The second kappa shape index (κ2) is 12.5. The molecule has 0 spiro atoms. The highest BCUT2D eigenvalue weighted by molar-refractivity contribution is 6.12. The van der Waals surface area contributed by atoms with Crippen molar-refractivity contribution in [2.24, 2.45) is 0 Å². The van der Waals surface area contributed by atoms with Crippen LogP contribution in [0.5, 0.6) is 0 Å². The van der Waals surface area contributed by atoms with E-state index in [1.165, 1.54) is 22.3 Å². The minimum atomic E-state index is -0.236. The number of oxazole rings is 2. The molecule has 6 nitrogen and oxygen atoms in total. The van der Waals surface area contributed by atoms with Crippen molar-refractivity contribution in [1.29, 1.82) is 0 Å². The molecule has 0 bridgehead atoms. The molecule has 4 heterocycles. The number of anilines is 6. The summed E-state index contributed by atoms with van der Waals surface area (Å²) in [6.07, 6.45) is 0. The molecular weight excluding hydrogens is 737 g/mol. The number of rotatable bonds is 4. The predicted octanol–water partition coefficient (Wildman–Crippen LogP) is 14.7. The molecule has 6 heteroatoms. The lowest BCUT2D eigenvalue weighted by Crippen LogP contribution is -2.31. The molecule has 0 atom stereocenters. The molecule has 0 N–H and O–H groups in total. The van der Waals surface area contributed by atoms with Crippen molar-refractivity contribution < 1.29 is 8.83 Å². The second-order valence-electron chi connectivity index (χ2n) is 17.0. The zero-order valence-corrected chi connectivity index (χ0v) is 33.8. The lowest BCUT2D eigenvalue weighted by molar-refractivity contribution is 0.619. The maximum atomic E-state index is 6.60. The van der Waals surface area contributed by atoms with Gasteiger partial charge in [0.25, 0.3) is 0 Å². The Balaban J connectivity index is 1.24. The van der Waals surface area contributed by atoms with E-state index in [0.717, 1.165) is 78.2 Å². The third-order valence-electron chi connectivity index (χ3n) is 12.9. The molecule has 288 valence electrons. The van der Waals surface area contributed by atoms with Gasteiger partial charge in [-0.3, -0.25) is 0 Å². The average molecular weight is 777 g/mol. The third kappa shape index (κ3) is 4.94. The summed E-state index contributed by atoms with van der Waals surface area (Å²) in [6.45, 7) is 9.30. The van der Waals surface area contributed by atoms with Gasteiger partial charge in [0.05, 0.1) is 34.1 Å². The quantitative estimate of drug-likeness (QED) is 0.177. The summed E-state index contributed by atoms with van der Waals surface area (Å²) in [7, 11) is 0. The van der Waals surface area contributed by atoms with Crippen LogP contribution >= 0.6 is 0 Å². The molecule has 2 aliphatic rings. The number of nitrogens with zero attached hydrogens (tertiary/aromatic N) is 4. The molecule has 2 aliphatic heterocycles. The molecule has 8 aromatic carbocycles. The summed E-state index contributed by atoms with van der Waals surface area (Å²) in [6, 6.07) is 60.2. The Hall–Kier alpha value is -7.44. The number of hydrogen-bond donors (Lipinski definition) is 0. The minimum absolute atomic E-state index is 0.236. The van der Waals surface area contributed by atoms with Crippen molar-refractivity contribution in [3.8, 4) is 22.9 Å². The molecule has 0 amide bonds. The zero-order valence-electron chi connectivity index (χ0n) is 33.8. The van der Waals surface area contributed by atoms with Crippen molar-refractivity contribution in [2.45, 2.75) is 38.5 Å². The van der Waals surface area contributed by atoms with Gasteiger partial charge in [-0.05, 0) is 95.1 Å². The minimum Gasteiger partial charge on any atom is -0.436 e. The van der Waals surface area contributed by atoms with E-state index in [1.807, 2.05) is 48.5 Å². The molecule has 60 heavy (non-hydrogen) atoms. The average Bonchev–Trinajstić information content (AvgIpc) is 3.92. The normalized spacial score (nSPS) is 14.9. The Labute approximate surface area is 348 Å². The standard InChI is InChI=1S/C54H40N4O2/c1-53(2)37-17-5-11-23-43(37)57(44-24-12-6-18-38(44)53)47-31-33(51-55-41-21-9-15-27-49(41)59-51)30-36-35(47)29-34(52-56-42-22-10-16-28-50(42)60-52)32-48(36)58-45-25-13-7-19-39(45)54(3,4)40-20-8-14-26-46(40)58/h5-32H,1-4H3. The van der Waals surface area contributed by atoms with Gasteiger partial charge < -0.3 is 18.6 Å². The monoisotopic (exact) mass is 776 g/mol. The van der Waals surface area contributed by atoms with Crippen LogP contribution in [0.25, 0.3) is 55.9 Å². The lowest BCUT2D eigenvalue weighted by Gasteiger charge is -2.43. The van der Waals surface area contributed by atoms with E-state index in [9.17, 15) is 0 Å². The molecule has 0 radical (unpaired) electrons. The summed E-state index contributed by atoms with van der Waals surface area (Å²) >= 11 is 0. The van der Waals surface area contributed by atoms with Crippen molar-refractivity contribution in [3.63, 3.8) is 0 Å². The van der Waals surface area contributed by atoms with Gasteiger partial charge in [-0.2, -0.15) is 0 Å². The first kappa shape index (κ1) is 34.6. The molecule has 10 aromatic rings. The Morgan fingerprint density at radius 3 is 1.03 bits per heavy atom. The largest absolute Gasteiger partial charge is 0.436 e. The van der Waals surface area contributed by atoms with Crippen molar-refractivity contribution in [2.75, 3.05) is 9.80 Å². The van der Waals surface area contributed by atoms with E-state index in [1.54, 1.807) is 0 Å². The highest BCUT2D eigenvalue weighted by Gasteiger charge is 2.39. The number of para-hydroxylation sites is 8. The van der Waals surface area contributed by atoms with Gasteiger partial charge in [-0.25, -0.2) is 9.97 Å². The fourth-order valence-electron chi connectivity index (χ4n) is 9.89. The molecular formula is C54H40N4O2. The van der Waals surface area contributed by atoms with Gasteiger partial charge in [0.1, 0.15) is 11.0 Å². The summed E-state index contributed by atoms with van der Waals surface area (Å²) in [5.74, 6) is 1.13. The summed E-state index contributed by atoms with van der Waals surface area (Å²) in [5.41, 5.74) is 15.9. The van der Waals surface area contributed by atoms with E-state index >= 15 is 0 Å². The fraction of sp³-hybridized carbons (Fsp3) is 0.111. The van der Waals surface area contributed by atoms with E-state index in [-0.39, 0.29) is 10.8 Å². The Bertz CT molecular complexity index is 2980. The Morgan fingerprint density at radius 1 is 0.367 bits per heavy atom. The molecule has 0 unspecified atom stereocenters. The maximum Gasteiger partial charge on any atom is 0.227 e. The van der Waals surface area contributed by atoms with E-state index in [4.69, 9.17) is 18.8 Å². The topological polar surface area (TPSA) is 58.5 Å². The lowest BCUT2D eigenvalue weighted by atomic mass is 9.73. The van der Waals surface area contributed by atoms with Crippen LogP contribution in [0.2, 0.25) is 0 Å². The molecule has 0 saturated heterocycles. The second-order valence-corrected chi connectivity index (χ2v) is 17.0. The van der Waals surface area contributed by atoms with Gasteiger partial charge in [-0.1, -0.05) is 125 Å². The summed E-state index contributed by atoms with van der Waals surface area (Å²) in [4.78, 5) is 15.0. The van der Waals surface area contributed by atoms with Crippen LogP contribution in [0.1, 0.15) is 49.9 Å². The molecule has 0 saturated carbocycles. The first-order chi connectivity index (χ1) is 29.3. The van der Waals surface area contributed by atoms with Gasteiger partial charge in [-0.15, -0.1) is 0 Å². The maximum absolute atomic E-state index is 6.60. The van der Waals surface area contributed by atoms with Crippen LogP contribution in [-0.4, -0.2) is 9.97 Å². The number of benzene rings is 8.